The van der Waals surface area contributed by atoms with Gasteiger partial charge in [-0.3, -0.25) is 9.59 Å². The predicted molar refractivity (Wildman–Crippen MR) is 93.2 cm³/mol. The summed E-state index contributed by atoms with van der Waals surface area (Å²) < 4.78 is 9.56. The van der Waals surface area contributed by atoms with E-state index < -0.39 is 29.8 Å². The minimum absolute atomic E-state index is 0.00311. The molecule has 0 spiro atoms. The van der Waals surface area contributed by atoms with Crippen molar-refractivity contribution < 1.29 is 38.3 Å². The Morgan fingerprint density at radius 3 is 2.61 bits per heavy atom. The van der Waals surface area contributed by atoms with Crippen molar-refractivity contribution in [3.63, 3.8) is 0 Å². The maximum Gasteiger partial charge on any atom is 0.340 e. The van der Waals surface area contributed by atoms with Gasteiger partial charge in [-0.05, 0) is 18.6 Å². The number of hydrogen-bond acceptors (Lipinski definition) is 11. The van der Waals surface area contributed by atoms with Gasteiger partial charge in [-0.1, -0.05) is 5.04 Å². The van der Waals surface area contributed by atoms with Crippen molar-refractivity contribution in [2.24, 2.45) is 0 Å². The van der Waals surface area contributed by atoms with Crippen molar-refractivity contribution >= 4 is 46.5 Å². The van der Waals surface area contributed by atoms with Gasteiger partial charge in [-0.25, -0.2) is 14.8 Å². The highest BCUT2D eigenvalue weighted by Crippen LogP contribution is 2.32. The predicted octanol–water partition coefficient (Wildman–Crippen LogP) is 1.26. The molecule has 12 heteroatoms. The summed E-state index contributed by atoms with van der Waals surface area (Å²) in [6.07, 6.45) is -0.584. The summed E-state index contributed by atoms with van der Waals surface area (Å²) in [6.45, 7) is 1.59. The van der Waals surface area contributed by atoms with Gasteiger partial charge in [-0.2, -0.15) is 0 Å². The SMILES string of the molecule is Cc1c(CC(=O)ON2C(=O)CCC2=O)c(=O)oc2cc(N)c(SOOO)cc12. The molecule has 0 saturated carbocycles. The minimum Gasteiger partial charge on any atom is -0.422 e. The molecule has 1 aliphatic heterocycles. The number of imide groups is 1. The van der Waals surface area contributed by atoms with E-state index in [1.165, 1.54) is 12.1 Å². The second-order valence-corrected chi connectivity index (χ2v) is 6.57. The number of nitrogens with two attached hydrogens (primary N) is 1. The zero-order valence-electron chi connectivity index (χ0n) is 14.4. The monoisotopic (exact) mass is 410 g/mol. The van der Waals surface area contributed by atoms with Gasteiger partial charge in [0.25, 0.3) is 11.8 Å². The standard InChI is InChI=1S/C16H14N2O9S/c1-7-8-4-12(28-27-26-23)10(17)6-11(8)24-16(22)9(7)5-15(21)25-18-13(19)2-3-14(18)20/h4,6,23H,2-3,5,17H2,1H3. The minimum atomic E-state index is -0.958. The quantitative estimate of drug-likeness (QED) is 0.176. The van der Waals surface area contributed by atoms with Crippen LogP contribution >= 0.6 is 12.0 Å². The van der Waals surface area contributed by atoms with Gasteiger partial charge in [0.2, 0.25) is 0 Å². The number of fused-ring (bicyclic) bond motifs is 1. The summed E-state index contributed by atoms with van der Waals surface area (Å²) in [5.41, 5.74) is 5.83. The van der Waals surface area contributed by atoms with Crippen LogP contribution in [0.1, 0.15) is 24.0 Å². The number of carbonyl (C=O) groups is 3. The third-order valence-electron chi connectivity index (χ3n) is 4.09. The van der Waals surface area contributed by atoms with E-state index in [1.54, 1.807) is 6.92 Å². The number of aryl methyl sites for hydroxylation is 1. The number of hydroxylamine groups is 2. The fraction of sp³-hybridized carbons (Fsp3) is 0.250. The lowest BCUT2D eigenvalue weighted by Gasteiger charge is -2.13. The van der Waals surface area contributed by atoms with Crippen molar-refractivity contribution in [3.05, 3.63) is 33.7 Å². The van der Waals surface area contributed by atoms with E-state index in [2.05, 4.69) is 9.37 Å². The normalized spacial score (nSPS) is 14.1. The zero-order valence-corrected chi connectivity index (χ0v) is 15.2. The fourth-order valence-electron chi connectivity index (χ4n) is 2.70. The molecule has 11 nitrogen and oxygen atoms in total. The first-order valence-electron chi connectivity index (χ1n) is 7.89. The molecule has 3 rings (SSSR count). The second-order valence-electron chi connectivity index (χ2n) is 5.83. The lowest BCUT2D eigenvalue weighted by Crippen LogP contribution is -2.33. The van der Waals surface area contributed by atoms with Gasteiger partial charge in [0.1, 0.15) is 5.58 Å². The lowest BCUT2D eigenvalue weighted by molar-refractivity contribution is -0.432. The van der Waals surface area contributed by atoms with Crippen molar-refractivity contribution in [1.82, 2.24) is 5.06 Å². The summed E-state index contributed by atoms with van der Waals surface area (Å²) in [6, 6.07) is 2.91. The van der Waals surface area contributed by atoms with E-state index in [0.717, 1.165) is 0 Å². The van der Waals surface area contributed by atoms with Crippen molar-refractivity contribution in [3.8, 4) is 0 Å². The number of benzene rings is 1. The first-order chi connectivity index (χ1) is 13.3. The van der Waals surface area contributed by atoms with Gasteiger partial charge < -0.3 is 15.0 Å². The Kier molecular flexibility index (Phi) is 5.65. The van der Waals surface area contributed by atoms with Crippen LogP contribution in [0.5, 0.6) is 0 Å². The highest BCUT2D eigenvalue weighted by Gasteiger charge is 2.33. The molecule has 1 saturated heterocycles. The fourth-order valence-corrected chi connectivity index (χ4v) is 3.12. The molecule has 0 radical (unpaired) electrons. The van der Waals surface area contributed by atoms with E-state index in [9.17, 15) is 19.2 Å². The Hall–Kier alpha value is -2.93. The number of anilines is 1. The van der Waals surface area contributed by atoms with Crippen LogP contribution in [0.2, 0.25) is 0 Å². The van der Waals surface area contributed by atoms with E-state index in [1.807, 2.05) is 0 Å². The number of rotatable bonds is 6. The zero-order chi connectivity index (χ0) is 20.4. The average Bonchev–Trinajstić information content (AvgIpc) is 2.96. The molecule has 1 aromatic carbocycles. The second kappa shape index (κ2) is 7.98. The number of nitrogens with zero attached hydrogens (tertiary/aromatic N) is 1. The molecule has 2 aromatic rings. The Morgan fingerprint density at radius 2 is 1.96 bits per heavy atom. The van der Waals surface area contributed by atoms with Crippen LogP contribution in [0.25, 0.3) is 11.0 Å². The molecule has 0 unspecified atom stereocenters. The molecule has 1 fully saturated rings. The summed E-state index contributed by atoms with van der Waals surface area (Å²) >= 11 is 0.626. The number of carbonyl (C=O) groups excluding carboxylic acids is 3. The van der Waals surface area contributed by atoms with Crippen molar-refractivity contribution in [1.29, 1.82) is 0 Å². The molecule has 1 aliphatic rings. The molecular weight excluding hydrogens is 396 g/mol. The van der Waals surface area contributed by atoms with Crippen LogP contribution in [-0.2, 0) is 35.0 Å². The van der Waals surface area contributed by atoms with Crippen molar-refractivity contribution in [2.75, 3.05) is 5.73 Å². The highest BCUT2D eigenvalue weighted by atomic mass is 32.2. The smallest absolute Gasteiger partial charge is 0.340 e. The van der Waals surface area contributed by atoms with Crippen LogP contribution in [0.15, 0.2) is 26.2 Å². The molecule has 0 bridgehead atoms. The molecule has 2 heterocycles. The Morgan fingerprint density at radius 1 is 1.29 bits per heavy atom. The molecule has 1 aromatic heterocycles. The van der Waals surface area contributed by atoms with E-state index in [0.29, 0.717) is 33.0 Å². The molecule has 28 heavy (non-hydrogen) atoms. The van der Waals surface area contributed by atoms with Gasteiger partial charge >= 0.3 is 11.6 Å². The topological polar surface area (TPSA) is 159 Å². The van der Waals surface area contributed by atoms with Gasteiger partial charge in [-0.15, -0.1) is 9.40 Å². The molecule has 2 amide bonds. The third kappa shape index (κ3) is 3.84. The van der Waals surface area contributed by atoms with Crippen LogP contribution in [0.4, 0.5) is 5.69 Å². The van der Waals surface area contributed by atoms with Crippen molar-refractivity contribution in [2.45, 2.75) is 31.1 Å². The molecule has 0 aliphatic carbocycles. The Balaban J connectivity index is 1.91. The van der Waals surface area contributed by atoms with Crippen LogP contribution in [0, 0.1) is 6.92 Å². The first kappa shape index (κ1) is 19.8. The third-order valence-corrected chi connectivity index (χ3v) is 4.75. The molecule has 148 valence electrons. The van der Waals surface area contributed by atoms with Crippen LogP contribution < -0.4 is 11.4 Å². The highest BCUT2D eigenvalue weighted by molar-refractivity contribution is 7.94. The summed E-state index contributed by atoms with van der Waals surface area (Å²) in [5, 5.41) is 12.7. The Labute approximate surface area is 160 Å². The van der Waals surface area contributed by atoms with Gasteiger partial charge in [0.05, 0.1) is 34.6 Å². The Bertz CT molecular complexity index is 1020. The summed E-state index contributed by atoms with van der Waals surface area (Å²) in [5.74, 6) is -2.20. The van der Waals surface area contributed by atoms with E-state index in [4.69, 9.17) is 20.2 Å². The largest absolute Gasteiger partial charge is 0.422 e. The maximum absolute atomic E-state index is 12.3. The lowest BCUT2D eigenvalue weighted by atomic mass is 10.0. The number of nitrogen functional groups attached to an aromatic ring is 1. The first-order valence-corrected chi connectivity index (χ1v) is 8.63. The molecular formula is C16H14N2O9S. The summed E-state index contributed by atoms with van der Waals surface area (Å²) in [4.78, 5) is 52.6. The average molecular weight is 410 g/mol. The van der Waals surface area contributed by atoms with Crippen LogP contribution in [0.3, 0.4) is 0 Å². The van der Waals surface area contributed by atoms with Gasteiger partial charge in [0.15, 0.2) is 0 Å². The summed E-state index contributed by atoms with van der Waals surface area (Å²) in [7, 11) is 0. The van der Waals surface area contributed by atoms with E-state index >= 15 is 0 Å². The van der Waals surface area contributed by atoms with Gasteiger partial charge in [0, 0.05) is 24.3 Å². The maximum atomic E-state index is 12.3. The molecule has 0 atom stereocenters. The van der Waals surface area contributed by atoms with E-state index in [-0.39, 0.29) is 29.7 Å². The molecule has 3 N–H and O–H groups in total. The number of amides is 2. The number of hydrogen-bond donors (Lipinski definition) is 2. The van der Waals surface area contributed by atoms with Crippen LogP contribution in [-0.4, -0.2) is 28.1 Å².